The molecule has 0 aromatic heterocycles. The Labute approximate surface area is 135 Å². The van der Waals surface area contributed by atoms with Gasteiger partial charge in [-0.2, -0.15) is 0 Å². The van der Waals surface area contributed by atoms with E-state index >= 15 is 0 Å². The SMILES string of the molecule is COC(=O)c1cc(CN2CCN(C)CC2)ccc1[N+](=O)[O-].Cl. The minimum absolute atomic E-state index is 0. The van der Waals surface area contributed by atoms with Gasteiger partial charge in [0, 0.05) is 38.8 Å². The van der Waals surface area contributed by atoms with Crippen molar-refractivity contribution < 1.29 is 14.5 Å². The molecule has 7 nitrogen and oxygen atoms in total. The number of methoxy groups -OCH3 is 1. The van der Waals surface area contributed by atoms with Crippen LogP contribution in [0, 0.1) is 10.1 Å². The molecule has 0 unspecified atom stereocenters. The summed E-state index contributed by atoms with van der Waals surface area (Å²) in [6.45, 7) is 4.56. The summed E-state index contributed by atoms with van der Waals surface area (Å²) in [5.74, 6) is -0.679. The third kappa shape index (κ3) is 4.40. The van der Waals surface area contributed by atoms with Crippen molar-refractivity contribution in [2.75, 3.05) is 40.3 Å². The number of nitro benzene ring substituents is 1. The maximum atomic E-state index is 11.7. The third-order valence-corrected chi connectivity index (χ3v) is 3.67. The smallest absolute Gasteiger partial charge is 0.344 e. The first-order valence-corrected chi connectivity index (χ1v) is 6.78. The van der Waals surface area contributed by atoms with Gasteiger partial charge in [0.05, 0.1) is 12.0 Å². The highest BCUT2D eigenvalue weighted by Crippen LogP contribution is 2.22. The summed E-state index contributed by atoms with van der Waals surface area (Å²) in [5.41, 5.74) is 0.670. The number of piperazine rings is 1. The van der Waals surface area contributed by atoms with Crippen LogP contribution in [0.15, 0.2) is 18.2 Å². The Bertz CT molecular complexity index is 545. The monoisotopic (exact) mass is 329 g/mol. The number of hydrogen-bond acceptors (Lipinski definition) is 6. The van der Waals surface area contributed by atoms with Gasteiger partial charge < -0.3 is 9.64 Å². The van der Waals surface area contributed by atoms with Gasteiger partial charge in [0.25, 0.3) is 5.69 Å². The molecule has 1 aliphatic heterocycles. The average molecular weight is 330 g/mol. The van der Waals surface area contributed by atoms with E-state index in [0.29, 0.717) is 6.54 Å². The molecule has 0 bridgehead atoms. The van der Waals surface area contributed by atoms with E-state index in [4.69, 9.17) is 0 Å². The Hall–Kier alpha value is -1.70. The lowest BCUT2D eigenvalue weighted by atomic mass is 10.1. The predicted molar refractivity (Wildman–Crippen MR) is 84.5 cm³/mol. The molecule has 0 amide bonds. The molecule has 8 heteroatoms. The number of carbonyl (C=O) groups excluding carboxylic acids is 1. The lowest BCUT2D eigenvalue weighted by Gasteiger charge is -2.32. The Morgan fingerprint density at radius 1 is 1.32 bits per heavy atom. The largest absolute Gasteiger partial charge is 0.465 e. The fourth-order valence-electron chi connectivity index (χ4n) is 2.38. The fraction of sp³-hybridized carbons (Fsp3) is 0.500. The van der Waals surface area contributed by atoms with Crippen LogP contribution >= 0.6 is 12.4 Å². The van der Waals surface area contributed by atoms with E-state index in [0.717, 1.165) is 31.7 Å². The topological polar surface area (TPSA) is 75.9 Å². The van der Waals surface area contributed by atoms with Crippen molar-refractivity contribution in [3.8, 4) is 0 Å². The normalized spacial score (nSPS) is 15.9. The molecule has 22 heavy (non-hydrogen) atoms. The zero-order valence-electron chi connectivity index (χ0n) is 12.7. The molecule has 1 saturated heterocycles. The second-order valence-corrected chi connectivity index (χ2v) is 5.18. The van der Waals surface area contributed by atoms with E-state index in [1.807, 2.05) is 0 Å². The highest BCUT2D eigenvalue weighted by molar-refractivity contribution is 5.94. The first kappa shape index (κ1) is 18.3. The molecule has 1 aromatic rings. The van der Waals surface area contributed by atoms with Crippen LogP contribution in [-0.4, -0.2) is 61.0 Å². The maximum Gasteiger partial charge on any atom is 0.344 e. The van der Waals surface area contributed by atoms with E-state index in [2.05, 4.69) is 21.6 Å². The standard InChI is InChI=1S/C14H19N3O4.ClH/c1-15-5-7-16(8-6-15)10-11-3-4-13(17(19)20)12(9-11)14(18)21-2;/h3-4,9H,5-8,10H2,1-2H3;1H. The highest BCUT2D eigenvalue weighted by Gasteiger charge is 2.22. The molecule has 1 fully saturated rings. The predicted octanol–water partition coefficient (Wildman–Crippen LogP) is 1.55. The number of halogens is 1. The summed E-state index contributed by atoms with van der Waals surface area (Å²) in [5, 5.41) is 11.0. The van der Waals surface area contributed by atoms with Gasteiger partial charge in [-0.25, -0.2) is 4.79 Å². The van der Waals surface area contributed by atoms with Gasteiger partial charge in [-0.15, -0.1) is 12.4 Å². The van der Waals surface area contributed by atoms with Gasteiger partial charge >= 0.3 is 5.97 Å². The van der Waals surface area contributed by atoms with Gasteiger partial charge in [0.2, 0.25) is 0 Å². The van der Waals surface area contributed by atoms with E-state index < -0.39 is 10.9 Å². The van der Waals surface area contributed by atoms with Crippen LogP contribution in [-0.2, 0) is 11.3 Å². The summed E-state index contributed by atoms with van der Waals surface area (Å²) in [7, 11) is 3.30. The maximum absolute atomic E-state index is 11.7. The second kappa shape index (κ2) is 8.07. The van der Waals surface area contributed by atoms with Crippen molar-refractivity contribution in [2.24, 2.45) is 0 Å². The summed E-state index contributed by atoms with van der Waals surface area (Å²) in [6, 6.07) is 4.63. The summed E-state index contributed by atoms with van der Waals surface area (Å²) >= 11 is 0. The van der Waals surface area contributed by atoms with Crippen LogP contribution in [0.4, 0.5) is 5.69 Å². The quantitative estimate of drug-likeness (QED) is 0.474. The van der Waals surface area contributed by atoms with Gasteiger partial charge in [-0.05, 0) is 18.7 Å². The summed E-state index contributed by atoms with van der Waals surface area (Å²) < 4.78 is 4.62. The van der Waals surface area contributed by atoms with Crippen LogP contribution in [0.5, 0.6) is 0 Å². The van der Waals surface area contributed by atoms with Crippen molar-refractivity contribution >= 4 is 24.1 Å². The number of benzene rings is 1. The second-order valence-electron chi connectivity index (χ2n) is 5.18. The minimum atomic E-state index is -0.679. The molecule has 1 heterocycles. The molecule has 0 N–H and O–H groups in total. The fourth-order valence-corrected chi connectivity index (χ4v) is 2.38. The average Bonchev–Trinajstić information content (AvgIpc) is 2.48. The van der Waals surface area contributed by atoms with Crippen LogP contribution in [0.3, 0.4) is 0 Å². The summed E-state index contributed by atoms with van der Waals surface area (Å²) in [6.07, 6.45) is 0. The minimum Gasteiger partial charge on any atom is -0.465 e. The number of nitrogens with zero attached hydrogens (tertiary/aromatic N) is 3. The molecule has 122 valence electrons. The number of ether oxygens (including phenoxy) is 1. The zero-order valence-corrected chi connectivity index (χ0v) is 13.5. The number of carbonyl (C=O) groups is 1. The Balaban J connectivity index is 0.00000242. The molecule has 0 atom stereocenters. The van der Waals surface area contributed by atoms with E-state index in [9.17, 15) is 14.9 Å². The molecular formula is C14H20ClN3O4. The molecule has 2 rings (SSSR count). The molecule has 0 saturated carbocycles. The molecule has 0 radical (unpaired) electrons. The Kier molecular flexibility index (Phi) is 6.73. The van der Waals surface area contributed by atoms with E-state index in [1.54, 1.807) is 12.1 Å². The molecule has 0 spiro atoms. The molecule has 0 aliphatic carbocycles. The van der Waals surface area contributed by atoms with Gasteiger partial charge in [0.1, 0.15) is 5.56 Å². The van der Waals surface area contributed by atoms with Gasteiger partial charge in [0.15, 0.2) is 0 Å². The van der Waals surface area contributed by atoms with E-state index in [1.165, 1.54) is 13.2 Å². The van der Waals surface area contributed by atoms with Crippen LogP contribution in [0.25, 0.3) is 0 Å². The number of esters is 1. The Morgan fingerprint density at radius 2 is 1.95 bits per heavy atom. The number of nitro groups is 1. The van der Waals surface area contributed by atoms with Crippen molar-refractivity contribution in [1.29, 1.82) is 0 Å². The number of rotatable bonds is 4. The highest BCUT2D eigenvalue weighted by atomic mass is 35.5. The lowest BCUT2D eigenvalue weighted by Crippen LogP contribution is -2.43. The van der Waals surface area contributed by atoms with Crippen LogP contribution in [0.2, 0.25) is 0 Å². The van der Waals surface area contributed by atoms with Crippen molar-refractivity contribution in [2.45, 2.75) is 6.54 Å². The van der Waals surface area contributed by atoms with Crippen molar-refractivity contribution in [1.82, 2.24) is 9.80 Å². The molecule has 1 aromatic carbocycles. The van der Waals surface area contributed by atoms with Crippen molar-refractivity contribution in [3.63, 3.8) is 0 Å². The van der Waals surface area contributed by atoms with Crippen LogP contribution < -0.4 is 0 Å². The molecular weight excluding hydrogens is 310 g/mol. The third-order valence-electron chi connectivity index (χ3n) is 3.67. The number of hydrogen-bond donors (Lipinski definition) is 0. The Morgan fingerprint density at radius 3 is 2.50 bits per heavy atom. The lowest BCUT2D eigenvalue weighted by molar-refractivity contribution is -0.385. The first-order chi connectivity index (χ1) is 10.0. The molecule has 1 aliphatic rings. The zero-order chi connectivity index (χ0) is 15.4. The summed E-state index contributed by atoms with van der Waals surface area (Å²) in [4.78, 5) is 26.6. The van der Waals surface area contributed by atoms with Crippen molar-refractivity contribution in [3.05, 3.63) is 39.4 Å². The van der Waals surface area contributed by atoms with Crippen LogP contribution in [0.1, 0.15) is 15.9 Å². The van der Waals surface area contributed by atoms with Gasteiger partial charge in [-0.1, -0.05) is 6.07 Å². The number of likely N-dealkylation sites (N-methyl/N-ethyl adjacent to an activating group) is 1. The van der Waals surface area contributed by atoms with Gasteiger partial charge in [-0.3, -0.25) is 15.0 Å². The first-order valence-electron chi connectivity index (χ1n) is 6.78. The van der Waals surface area contributed by atoms with E-state index in [-0.39, 0.29) is 23.7 Å².